The first-order valence-corrected chi connectivity index (χ1v) is 5.12. The molecular formula is C11H16N2O2. The zero-order valence-corrected chi connectivity index (χ0v) is 8.79. The fourth-order valence-corrected chi connectivity index (χ4v) is 1.80. The van der Waals surface area contributed by atoms with Crippen LogP contribution in [0.3, 0.4) is 0 Å². The van der Waals surface area contributed by atoms with Crippen molar-refractivity contribution in [1.29, 1.82) is 0 Å². The van der Waals surface area contributed by atoms with Crippen molar-refractivity contribution in [3.63, 3.8) is 0 Å². The van der Waals surface area contributed by atoms with Crippen LogP contribution in [-0.4, -0.2) is 31.9 Å². The highest BCUT2D eigenvalue weighted by molar-refractivity contribution is 5.42. The van der Waals surface area contributed by atoms with Crippen molar-refractivity contribution < 1.29 is 9.84 Å². The summed E-state index contributed by atoms with van der Waals surface area (Å²) in [6, 6.07) is 5.76. The third-order valence-electron chi connectivity index (χ3n) is 2.65. The Balaban J connectivity index is 2.20. The van der Waals surface area contributed by atoms with Crippen molar-refractivity contribution in [3.05, 3.63) is 23.8 Å². The first-order valence-electron chi connectivity index (χ1n) is 5.12. The number of benzene rings is 1. The van der Waals surface area contributed by atoms with Gasteiger partial charge in [-0.05, 0) is 17.7 Å². The second-order valence-corrected chi connectivity index (χ2v) is 3.64. The van der Waals surface area contributed by atoms with Gasteiger partial charge in [0.2, 0.25) is 0 Å². The van der Waals surface area contributed by atoms with Crippen molar-refractivity contribution in [2.75, 3.05) is 26.7 Å². The summed E-state index contributed by atoms with van der Waals surface area (Å²) in [4.78, 5) is 0. The summed E-state index contributed by atoms with van der Waals surface area (Å²) >= 11 is 0. The zero-order chi connectivity index (χ0) is 10.7. The highest BCUT2D eigenvalue weighted by atomic mass is 16.5. The summed E-state index contributed by atoms with van der Waals surface area (Å²) in [5.41, 5.74) is 1.14. The van der Waals surface area contributed by atoms with Gasteiger partial charge in [-0.15, -0.1) is 0 Å². The molecule has 1 aliphatic rings. The van der Waals surface area contributed by atoms with Gasteiger partial charge in [0.15, 0.2) is 11.5 Å². The number of hydrogen-bond acceptors (Lipinski definition) is 4. The monoisotopic (exact) mass is 208 g/mol. The minimum Gasteiger partial charge on any atom is -0.504 e. The first kappa shape index (κ1) is 10.3. The molecule has 1 unspecified atom stereocenters. The van der Waals surface area contributed by atoms with Crippen LogP contribution in [0.1, 0.15) is 11.6 Å². The van der Waals surface area contributed by atoms with Gasteiger partial charge in [-0.2, -0.15) is 0 Å². The Labute approximate surface area is 89.3 Å². The van der Waals surface area contributed by atoms with Crippen molar-refractivity contribution in [1.82, 2.24) is 10.6 Å². The summed E-state index contributed by atoms with van der Waals surface area (Å²) in [5.74, 6) is 0.713. The van der Waals surface area contributed by atoms with E-state index in [2.05, 4.69) is 10.6 Å². The third kappa shape index (κ3) is 2.22. The summed E-state index contributed by atoms with van der Waals surface area (Å²) in [5, 5.41) is 16.2. The summed E-state index contributed by atoms with van der Waals surface area (Å²) in [6.07, 6.45) is 0. The molecule has 82 valence electrons. The molecule has 0 saturated carbocycles. The summed E-state index contributed by atoms with van der Waals surface area (Å²) < 4.78 is 5.08. The molecule has 0 radical (unpaired) electrons. The van der Waals surface area contributed by atoms with Gasteiger partial charge in [-0.3, -0.25) is 0 Å². The maximum Gasteiger partial charge on any atom is 0.160 e. The Kier molecular flexibility index (Phi) is 3.08. The van der Waals surface area contributed by atoms with Crippen LogP contribution in [0.2, 0.25) is 0 Å². The van der Waals surface area contributed by atoms with Crippen LogP contribution in [0.25, 0.3) is 0 Å². The summed E-state index contributed by atoms with van der Waals surface area (Å²) in [7, 11) is 1.56. The van der Waals surface area contributed by atoms with E-state index in [1.807, 2.05) is 12.1 Å². The molecule has 1 aromatic carbocycles. The molecule has 15 heavy (non-hydrogen) atoms. The van der Waals surface area contributed by atoms with Gasteiger partial charge in [0.05, 0.1) is 7.11 Å². The largest absolute Gasteiger partial charge is 0.504 e. The topological polar surface area (TPSA) is 53.5 Å². The standard InChI is InChI=1S/C11H16N2O2/c1-15-11-6-8(2-3-10(11)14)9-7-12-4-5-13-9/h2-3,6,9,12-14H,4-5,7H2,1H3. The van der Waals surface area contributed by atoms with E-state index < -0.39 is 0 Å². The molecule has 2 rings (SSSR count). The van der Waals surface area contributed by atoms with Crippen LogP contribution in [-0.2, 0) is 0 Å². The molecule has 1 atom stereocenters. The van der Waals surface area contributed by atoms with E-state index in [-0.39, 0.29) is 5.75 Å². The van der Waals surface area contributed by atoms with E-state index in [1.54, 1.807) is 13.2 Å². The van der Waals surface area contributed by atoms with Crippen LogP contribution in [0, 0.1) is 0 Å². The minimum absolute atomic E-state index is 0.185. The zero-order valence-electron chi connectivity index (χ0n) is 8.79. The maximum atomic E-state index is 9.47. The van der Waals surface area contributed by atoms with E-state index in [4.69, 9.17) is 4.74 Å². The lowest BCUT2D eigenvalue weighted by Crippen LogP contribution is -2.42. The van der Waals surface area contributed by atoms with Gasteiger partial charge in [0.1, 0.15) is 0 Å². The Bertz CT molecular complexity index is 335. The molecule has 1 fully saturated rings. The maximum absolute atomic E-state index is 9.47. The molecule has 1 aromatic rings. The number of piperazine rings is 1. The molecule has 0 spiro atoms. The molecule has 4 heteroatoms. The Hall–Kier alpha value is -1.26. The van der Waals surface area contributed by atoms with Gasteiger partial charge in [-0.1, -0.05) is 6.07 Å². The molecular weight excluding hydrogens is 192 g/mol. The number of hydrogen-bond donors (Lipinski definition) is 3. The number of nitrogens with one attached hydrogen (secondary N) is 2. The lowest BCUT2D eigenvalue weighted by Gasteiger charge is -2.25. The minimum atomic E-state index is 0.185. The van der Waals surface area contributed by atoms with E-state index in [0.29, 0.717) is 11.8 Å². The first-order chi connectivity index (χ1) is 7.31. The van der Waals surface area contributed by atoms with Crippen molar-refractivity contribution >= 4 is 0 Å². The van der Waals surface area contributed by atoms with Gasteiger partial charge in [-0.25, -0.2) is 0 Å². The fraction of sp³-hybridized carbons (Fsp3) is 0.455. The number of rotatable bonds is 2. The Morgan fingerprint density at radius 2 is 2.27 bits per heavy atom. The predicted octanol–water partition coefficient (Wildman–Crippen LogP) is 0.635. The Morgan fingerprint density at radius 1 is 1.40 bits per heavy atom. The smallest absolute Gasteiger partial charge is 0.160 e. The van der Waals surface area contributed by atoms with Crippen LogP contribution in [0.4, 0.5) is 0 Å². The van der Waals surface area contributed by atoms with Crippen LogP contribution < -0.4 is 15.4 Å². The normalized spacial score (nSPS) is 21.3. The van der Waals surface area contributed by atoms with Gasteiger partial charge >= 0.3 is 0 Å². The van der Waals surface area contributed by atoms with Gasteiger partial charge in [0.25, 0.3) is 0 Å². The van der Waals surface area contributed by atoms with Crippen molar-refractivity contribution in [2.24, 2.45) is 0 Å². The lowest BCUT2D eigenvalue weighted by atomic mass is 10.0. The SMILES string of the molecule is COc1cc(C2CNCCN2)ccc1O. The average Bonchev–Trinajstić information content (AvgIpc) is 2.31. The molecule has 0 aromatic heterocycles. The van der Waals surface area contributed by atoms with E-state index in [0.717, 1.165) is 25.2 Å². The lowest BCUT2D eigenvalue weighted by molar-refractivity contribution is 0.370. The molecule has 3 N–H and O–H groups in total. The third-order valence-corrected chi connectivity index (χ3v) is 2.65. The van der Waals surface area contributed by atoms with Crippen LogP contribution >= 0.6 is 0 Å². The number of phenols is 1. The van der Waals surface area contributed by atoms with E-state index in [1.165, 1.54) is 0 Å². The van der Waals surface area contributed by atoms with Crippen LogP contribution in [0.5, 0.6) is 11.5 Å². The molecule has 4 nitrogen and oxygen atoms in total. The van der Waals surface area contributed by atoms with Gasteiger partial charge < -0.3 is 20.5 Å². The average molecular weight is 208 g/mol. The molecule has 1 aliphatic heterocycles. The summed E-state index contributed by atoms with van der Waals surface area (Å²) in [6.45, 7) is 2.88. The number of methoxy groups -OCH3 is 1. The molecule has 0 amide bonds. The highest BCUT2D eigenvalue weighted by Gasteiger charge is 2.15. The predicted molar refractivity (Wildman–Crippen MR) is 58.3 cm³/mol. The number of ether oxygens (including phenoxy) is 1. The second-order valence-electron chi connectivity index (χ2n) is 3.64. The highest BCUT2D eigenvalue weighted by Crippen LogP contribution is 2.28. The molecule has 1 heterocycles. The van der Waals surface area contributed by atoms with Gasteiger partial charge in [0, 0.05) is 25.7 Å². The second kappa shape index (κ2) is 4.51. The number of aromatic hydroxyl groups is 1. The molecule has 1 saturated heterocycles. The fourth-order valence-electron chi connectivity index (χ4n) is 1.80. The van der Waals surface area contributed by atoms with Crippen LogP contribution in [0.15, 0.2) is 18.2 Å². The van der Waals surface area contributed by atoms with Crippen molar-refractivity contribution in [2.45, 2.75) is 6.04 Å². The van der Waals surface area contributed by atoms with Crippen molar-refractivity contribution in [3.8, 4) is 11.5 Å². The number of phenolic OH excluding ortho intramolecular Hbond substituents is 1. The molecule has 0 aliphatic carbocycles. The van der Waals surface area contributed by atoms with E-state index >= 15 is 0 Å². The van der Waals surface area contributed by atoms with E-state index in [9.17, 15) is 5.11 Å². The quantitative estimate of drug-likeness (QED) is 0.667. The molecule has 0 bridgehead atoms. The Morgan fingerprint density at radius 3 is 2.93 bits per heavy atom.